The molecule has 0 aliphatic rings. The molecule has 4 nitrogen and oxygen atoms in total. The normalized spacial score (nSPS) is 10.4. The first-order valence-corrected chi connectivity index (χ1v) is 6.25. The highest BCUT2D eigenvalue weighted by atomic mass is 19.1. The molecule has 0 amide bonds. The van der Waals surface area contributed by atoms with Gasteiger partial charge in [-0.3, -0.25) is 4.98 Å². The van der Waals surface area contributed by atoms with E-state index in [0.717, 1.165) is 17.1 Å². The van der Waals surface area contributed by atoms with E-state index in [0.29, 0.717) is 11.3 Å². The molecule has 0 aliphatic carbocycles. The van der Waals surface area contributed by atoms with Crippen LogP contribution in [0.4, 0.5) is 4.39 Å². The molecule has 0 unspecified atom stereocenters. The highest BCUT2D eigenvalue weighted by Gasteiger charge is 2.06. The van der Waals surface area contributed by atoms with Gasteiger partial charge in [0.1, 0.15) is 23.9 Å². The first-order valence-electron chi connectivity index (χ1n) is 6.25. The fraction of sp³-hybridized carbons (Fsp3) is 0.267. The molecule has 20 heavy (non-hydrogen) atoms. The van der Waals surface area contributed by atoms with Crippen molar-refractivity contribution in [1.29, 1.82) is 0 Å². The van der Waals surface area contributed by atoms with Crippen LogP contribution < -0.4 is 15.2 Å². The number of rotatable bonds is 5. The summed E-state index contributed by atoms with van der Waals surface area (Å²) in [5.41, 5.74) is 7.80. The number of hydrogen-bond donors (Lipinski definition) is 1. The highest BCUT2D eigenvalue weighted by molar-refractivity contribution is 5.34. The average Bonchev–Trinajstić information content (AvgIpc) is 2.45. The predicted octanol–water partition coefficient (Wildman–Crippen LogP) is 2.58. The molecule has 5 heteroatoms. The summed E-state index contributed by atoms with van der Waals surface area (Å²) in [5.74, 6) is 0.971. The van der Waals surface area contributed by atoms with Crippen LogP contribution in [0.5, 0.6) is 11.5 Å². The van der Waals surface area contributed by atoms with Gasteiger partial charge < -0.3 is 15.2 Å². The van der Waals surface area contributed by atoms with E-state index in [9.17, 15) is 4.39 Å². The van der Waals surface area contributed by atoms with E-state index in [1.54, 1.807) is 19.2 Å². The maximum atomic E-state index is 13.1. The Bertz CT molecular complexity index is 602. The third-order valence-corrected chi connectivity index (χ3v) is 2.83. The Labute approximate surface area is 117 Å². The molecular weight excluding hydrogens is 259 g/mol. The fourth-order valence-corrected chi connectivity index (χ4v) is 1.89. The van der Waals surface area contributed by atoms with E-state index in [-0.39, 0.29) is 19.0 Å². The Morgan fingerprint density at radius 3 is 2.75 bits per heavy atom. The fourth-order valence-electron chi connectivity index (χ4n) is 1.89. The molecular formula is C15H17FN2O2. The highest BCUT2D eigenvalue weighted by Crippen LogP contribution is 2.21. The van der Waals surface area contributed by atoms with Crippen molar-refractivity contribution in [2.45, 2.75) is 20.1 Å². The van der Waals surface area contributed by atoms with Gasteiger partial charge in [0.25, 0.3) is 0 Å². The second-order valence-corrected chi connectivity index (χ2v) is 4.38. The Balaban J connectivity index is 2.14. The summed E-state index contributed by atoms with van der Waals surface area (Å²) in [5, 5.41) is 0. The Hall–Kier alpha value is -2.14. The van der Waals surface area contributed by atoms with Crippen LogP contribution in [0.15, 0.2) is 30.3 Å². The number of hydrogen-bond acceptors (Lipinski definition) is 4. The molecule has 0 spiro atoms. The van der Waals surface area contributed by atoms with Crippen molar-refractivity contribution < 1.29 is 13.9 Å². The van der Waals surface area contributed by atoms with E-state index >= 15 is 0 Å². The van der Waals surface area contributed by atoms with E-state index in [1.165, 1.54) is 12.1 Å². The summed E-state index contributed by atoms with van der Waals surface area (Å²) < 4.78 is 24.0. The van der Waals surface area contributed by atoms with Gasteiger partial charge >= 0.3 is 0 Å². The average molecular weight is 276 g/mol. The molecule has 0 atom stereocenters. The molecule has 0 fully saturated rings. The minimum atomic E-state index is -0.326. The molecule has 1 aromatic heterocycles. The molecule has 2 rings (SSSR count). The smallest absolute Gasteiger partial charge is 0.130 e. The summed E-state index contributed by atoms with van der Waals surface area (Å²) in [6.45, 7) is 2.38. The molecule has 106 valence electrons. The van der Waals surface area contributed by atoms with Gasteiger partial charge in [0, 0.05) is 29.9 Å². The van der Waals surface area contributed by atoms with E-state index in [4.69, 9.17) is 15.2 Å². The van der Waals surface area contributed by atoms with Crippen LogP contribution >= 0.6 is 0 Å². The molecule has 1 aromatic carbocycles. The summed E-state index contributed by atoms with van der Waals surface area (Å²) in [6, 6.07) is 7.94. The quantitative estimate of drug-likeness (QED) is 0.912. The van der Waals surface area contributed by atoms with Gasteiger partial charge in [-0.15, -0.1) is 0 Å². The first kappa shape index (κ1) is 14.3. The topological polar surface area (TPSA) is 57.4 Å². The monoisotopic (exact) mass is 276 g/mol. The maximum absolute atomic E-state index is 13.1. The van der Waals surface area contributed by atoms with Crippen molar-refractivity contribution in [3.8, 4) is 11.5 Å². The van der Waals surface area contributed by atoms with Crippen LogP contribution in [0.25, 0.3) is 0 Å². The van der Waals surface area contributed by atoms with E-state index < -0.39 is 0 Å². The second kappa shape index (κ2) is 6.34. The third kappa shape index (κ3) is 3.45. The third-order valence-electron chi connectivity index (χ3n) is 2.83. The zero-order valence-electron chi connectivity index (χ0n) is 11.5. The van der Waals surface area contributed by atoms with Crippen molar-refractivity contribution in [2.24, 2.45) is 5.73 Å². The number of halogens is 1. The SMILES string of the molecule is COc1cc(C)nc(COc2ccc(F)cc2CN)c1. The van der Waals surface area contributed by atoms with Crippen LogP contribution in [0, 0.1) is 12.7 Å². The second-order valence-electron chi connectivity index (χ2n) is 4.38. The Kier molecular flexibility index (Phi) is 4.53. The van der Waals surface area contributed by atoms with Crippen LogP contribution in [0.1, 0.15) is 17.0 Å². The largest absolute Gasteiger partial charge is 0.497 e. The zero-order valence-corrected chi connectivity index (χ0v) is 11.5. The van der Waals surface area contributed by atoms with Crippen LogP contribution in [0.2, 0.25) is 0 Å². The molecule has 0 radical (unpaired) electrons. The molecule has 2 N–H and O–H groups in total. The molecule has 2 aromatic rings. The summed E-state index contributed by atoms with van der Waals surface area (Å²) in [4.78, 5) is 4.36. The lowest BCUT2D eigenvalue weighted by Gasteiger charge is -2.11. The number of ether oxygens (including phenoxy) is 2. The number of aryl methyl sites for hydroxylation is 1. The number of benzene rings is 1. The Morgan fingerprint density at radius 1 is 1.25 bits per heavy atom. The Morgan fingerprint density at radius 2 is 2.05 bits per heavy atom. The van der Waals surface area contributed by atoms with Crippen molar-refractivity contribution in [3.05, 3.63) is 53.1 Å². The number of methoxy groups -OCH3 is 1. The van der Waals surface area contributed by atoms with Crippen molar-refractivity contribution in [1.82, 2.24) is 4.98 Å². The number of nitrogens with zero attached hydrogens (tertiary/aromatic N) is 1. The van der Waals surface area contributed by atoms with Gasteiger partial charge in [-0.2, -0.15) is 0 Å². The van der Waals surface area contributed by atoms with Crippen LogP contribution in [-0.4, -0.2) is 12.1 Å². The van der Waals surface area contributed by atoms with E-state index in [2.05, 4.69) is 4.98 Å². The predicted molar refractivity (Wildman–Crippen MR) is 74.1 cm³/mol. The van der Waals surface area contributed by atoms with E-state index in [1.807, 2.05) is 13.0 Å². The van der Waals surface area contributed by atoms with Crippen LogP contribution in [-0.2, 0) is 13.2 Å². The van der Waals surface area contributed by atoms with Crippen molar-refractivity contribution >= 4 is 0 Å². The molecule has 0 saturated heterocycles. The van der Waals surface area contributed by atoms with Crippen molar-refractivity contribution in [3.63, 3.8) is 0 Å². The van der Waals surface area contributed by atoms with Crippen molar-refractivity contribution in [2.75, 3.05) is 7.11 Å². The van der Waals surface area contributed by atoms with Gasteiger partial charge in [0.05, 0.1) is 12.8 Å². The van der Waals surface area contributed by atoms with Gasteiger partial charge in [-0.25, -0.2) is 4.39 Å². The first-order chi connectivity index (χ1) is 9.62. The van der Waals surface area contributed by atoms with Gasteiger partial charge in [-0.1, -0.05) is 0 Å². The molecule has 0 aliphatic heterocycles. The van der Waals surface area contributed by atoms with Gasteiger partial charge in [-0.05, 0) is 25.1 Å². The lowest BCUT2D eigenvalue weighted by Crippen LogP contribution is -2.05. The summed E-state index contributed by atoms with van der Waals surface area (Å²) >= 11 is 0. The number of pyridine rings is 1. The van der Waals surface area contributed by atoms with Gasteiger partial charge in [0.2, 0.25) is 0 Å². The number of nitrogens with two attached hydrogens (primary N) is 1. The summed E-state index contributed by atoms with van der Waals surface area (Å²) in [6.07, 6.45) is 0. The standard InChI is InChI=1S/C15H17FN2O2/c1-10-5-14(19-2)7-13(18-10)9-20-15-4-3-12(16)6-11(15)8-17/h3-7H,8-9,17H2,1-2H3. The van der Waals surface area contributed by atoms with Gasteiger partial charge in [0.15, 0.2) is 0 Å². The lowest BCUT2D eigenvalue weighted by atomic mass is 10.2. The lowest BCUT2D eigenvalue weighted by molar-refractivity contribution is 0.296. The minimum Gasteiger partial charge on any atom is -0.497 e. The minimum absolute atomic E-state index is 0.220. The van der Waals surface area contributed by atoms with Crippen LogP contribution in [0.3, 0.4) is 0 Å². The zero-order chi connectivity index (χ0) is 14.5. The molecule has 0 bridgehead atoms. The maximum Gasteiger partial charge on any atom is 0.130 e. The summed E-state index contributed by atoms with van der Waals surface area (Å²) in [7, 11) is 1.60. The molecule has 0 saturated carbocycles. The number of aromatic nitrogens is 1. The molecule has 1 heterocycles.